The first-order valence-electron chi connectivity index (χ1n) is 11.3. The Hall–Kier alpha value is -3.93. The highest BCUT2D eigenvalue weighted by Gasteiger charge is 2.40. The fraction of sp³-hybridized carbons (Fsp3) is 0.214. The van der Waals surface area contributed by atoms with Gasteiger partial charge in [-0.15, -0.1) is 0 Å². The van der Waals surface area contributed by atoms with Crippen molar-refractivity contribution in [1.29, 1.82) is 0 Å². The summed E-state index contributed by atoms with van der Waals surface area (Å²) in [5.41, 5.74) is 3.98. The number of benzene rings is 3. The van der Waals surface area contributed by atoms with Gasteiger partial charge in [0.15, 0.2) is 5.78 Å². The molecule has 0 spiro atoms. The Balaban J connectivity index is 1.76. The Morgan fingerprint density at radius 1 is 1.00 bits per heavy atom. The second kappa shape index (κ2) is 8.78. The summed E-state index contributed by atoms with van der Waals surface area (Å²) in [7, 11) is 1.60. The van der Waals surface area contributed by atoms with Gasteiger partial charge in [0.1, 0.15) is 11.6 Å². The molecule has 1 aliphatic heterocycles. The van der Waals surface area contributed by atoms with Gasteiger partial charge >= 0.3 is 0 Å². The third-order valence-electron chi connectivity index (χ3n) is 6.43. The number of carbonyl (C=O) groups excluding carboxylic acids is 2. The number of allylic oxidation sites excluding steroid dienone is 1. The average molecular weight is 457 g/mol. The summed E-state index contributed by atoms with van der Waals surface area (Å²) in [6.45, 7) is 2.06. The maximum atomic E-state index is 14.0. The normalized spacial score (nSPS) is 19.6. The number of methoxy groups -OCH3 is 1. The molecule has 1 heterocycles. The van der Waals surface area contributed by atoms with Crippen LogP contribution in [-0.2, 0) is 4.79 Å². The average Bonchev–Trinajstić information content (AvgIpc) is 2.98. The molecule has 0 unspecified atom stereocenters. The second-order valence-corrected chi connectivity index (χ2v) is 8.83. The molecule has 34 heavy (non-hydrogen) atoms. The van der Waals surface area contributed by atoms with E-state index in [0.717, 1.165) is 16.9 Å². The lowest BCUT2D eigenvalue weighted by atomic mass is 9.81. The maximum Gasteiger partial charge on any atom is 0.259 e. The first kappa shape index (κ1) is 21.9. The lowest BCUT2D eigenvalue weighted by Gasteiger charge is -2.34. The van der Waals surface area contributed by atoms with Crippen LogP contribution >= 0.6 is 0 Å². The summed E-state index contributed by atoms with van der Waals surface area (Å²) in [6, 6.07) is 19.8. The molecule has 3 aromatic rings. The van der Waals surface area contributed by atoms with Crippen LogP contribution in [0, 0.1) is 11.7 Å². The van der Waals surface area contributed by atoms with E-state index >= 15 is 0 Å². The minimum Gasteiger partial charge on any atom is -0.497 e. The smallest absolute Gasteiger partial charge is 0.259 e. The van der Waals surface area contributed by atoms with Gasteiger partial charge in [-0.25, -0.2) is 4.39 Å². The molecule has 5 rings (SSSR count). The number of nitrogens with zero attached hydrogens (tertiary/aromatic N) is 1. The topological polar surface area (TPSA) is 58.6 Å². The molecule has 6 heteroatoms. The number of ether oxygens (including phenoxy) is 1. The van der Waals surface area contributed by atoms with Crippen LogP contribution in [-0.4, -0.2) is 18.8 Å². The highest BCUT2D eigenvalue weighted by Crippen LogP contribution is 2.46. The summed E-state index contributed by atoms with van der Waals surface area (Å²) < 4.78 is 18.9. The first-order chi connectivity index (χ1) is 16.5. The minimum absolute atomic E-state index is 0.0202. The molecular formula is C28H25FN2O3. The molecule has 0 radical (unpaired) electrons. The Labute approximate surface area is 197 Å². The van der Waals surface area contributed by atoms with Gasteiger partial charge in [-0.1, -0.05) is 31.2 Å². The van der Waals surface area contributed by atoms with Crippen LogP contribution in [0.4, 0.5) is 15.8 Å². The second-order valence-electron chi connectivity index (χ2n) is 8.83. The molecule has 0 saturated carbocycles. The van der Waals surface area contributed by atoms with Crippen molar-refractivity contribution >= 4 is 23.1 Å². The van der Waals surface area contributed by atoms with Gasteiger partial charge in [0.2, 0.25) is 0 Å². The number of ketones is 1. The van der Waals surface area contributed by atoms with Crippen LogP contribution in [0.25, 0.3) is 0 Å². The van der Waals surface area contributed by atoms with Crippen molar-refractivity contribution in [3.8, 4) is 5.75 Å². The van der Waals surface area contributed by atoms with Gasteiger partial charge in [0, 0.05) is 23.3 Å². The lowest BCUT2D eigenvalue weighted by molar-refractivity contribution is -0.117. The molecule has 2 aliphatic rings. The van der Waals surface area contributed by atoms with Gasteiger partial charge in [0.25, 0.3) is 5.91 Å². The van der Waals surface area contributed by atoms with Gasteiger partial charge in [-0.3, -0.25) is 14.5 Å². The number of anilines is 2. The van der Waals surface area contributed by atoms with E-state index in [9.17, 15) is 14.0 Å². The Morgan fingerprint density at radius 3 is 2.41 bits per heavy atom. The van der Waals surface area contributed by atoms with Crippen LogP contribution in [0.2, 0.25) is 0 Å². The molecule has 0 bridgehead atoms. The third kappa shape index (κ3) is 3.85. The number of hydrogen-bond donors (Lipinski definition) is 1. The van der Waals surface area contributed by atoms with Crippen molar-refractivity contribution in [1.82, 2.24) is 0 Å². The summed E-state index contributed by atoms with van der Waals surface area (Å²) in [6.07, 6.45) is 1.13. The molecule has 0 fully saturated rings. The number of para-hydroxylation sites is 2. The van der Waals surface area contributed by atoms with E-state index in [1.54, 1.807) is 12.0 Å². The van der Waals surface area contributed by atoms with Gasteiger partial charge in [-0.05, 0) is 66.4 Å². The molecule has 0 saturated heterocycles. The minimum atomic E-state index is -0.644. The molecule has 2 atom stereocenters. The molecule has 1 aliphatic carbocycles. The number of fused-ring (bicyclic) bond motifs is 1. The highest BCUT2D eigenvalue weighted by atomic mass is 19.1. The molecule has 0 aromatic heterocycles. The zero-order valence-electron chi connectivity index (χ0n) is 19.0. The SMILES string of the molecule is COc1ccc([C@@H]2C3=C(C[C@H](C)CC3=O)Nc3ccccc3N2C(=O)c2ccc(F)cc2)cc1. The van der Waals surface area contributed by atoms with E-state index in [1.807, 2.05) is 48.5 Å². The Morgan fingerprint density at radius 2 is 1.71 bits per heavy atom. The van der Waals surface area contributed by atoms with Crippen molar-refractivity contribution in [3.05, 3.63) is 101 Å². The van der Waals surface area contributed by atoms with Crippen LogP contribution in [0.3, 0.4) is 0 Å². The molecule has 1 N–H and O–H groups in total. The standard InChI is InChI=1S/C28H25FN2O3/c1-17-15-23-26(25(32)16-17)27(18-9-13-21(34-2)14-10-18)31(24-6-4-3-5-22(24)30-23)28(33)19-7-11-20(29)12-8-19/h3-14,17,27,30H,15-16H2,1-2H3/t17-,27+/m0/s1. The predicted octanol–water partition coefficient (Wildman–Crippen LogP) is 5.90. The van der Waals surface area contributed by atoms with E-state index in [-0.39, 0.29) is 17.6 Å². The summed E-state index contributed by atoms with van der Waals surface area (Å²) in [4.78, 5) is 29.1. The number of amides is 1. The molecule has 3 aromatic carbocycles. The van der Waals surface area contributed by atoms with Gasteiger partial charge in [0.05, 0.1) is 24.5 Å². The van der Waals surface area contributed by atoms with E-state index in [2.05, 4.69) is 12.2 Å². The number of rotatable bonds is 3. The number of hydrogen-bond acceptors (Lipinski definition) is 4. The van der Waals surface area contributed by atoms with Crippen molar-refractivity contribution in [2.45, 2.75) is 25.8 Å². The fourth-order valence-corrected chi connectivity index (χ4v) is 4.84. The van der Waals surface area contributed by atoms with Crippen LogP contribution in [0.5, 0.6) is 5.75 Å². The van der Waals surface area contributed by atoms with Crippen LogP contribution in [0.1, 0.15) is 41.7 Å². The predicted molar refractivity (Wildman–Crippen MR) is 129 cm³/mol. The fourth-order valence-electron chi connectivity index (χ4n) is 4.84. The quantitative estimate of drug-likeness (QED) is 0.533. The number of nitrogens with one attached hydrogen (secondary N) is 1. The summed E-state index contributed by atoms with van der Waals surface area (Å²) in [5.74, 6) is 0.177. The van der Waals surface area contributed by atoms with E-state index in [1.165, 1.54) is 24.3 Å². The first-order valence-corrected chi connectivity index (χ1v) is 11.3. The number of halogens is 1. The van der Waals surface area contributed by atoms with Gasteiger partial charge in [-0.2, -0.15) is 0 Å². The van der Waals surface area contributed by atoms with E-state index < -0.39 is 11.9 Å². The number of carbonyl (C=O) groups is 2. The lowest BCUT2D eigenvalue weighted by Crippen LogP contribution is -2.38. The van der Waals surface area contributed by atoms with Crippen molar-refractivity contribution in [2.75, 3.05) is 17.3 Å². The van der Waals surface area contributed by atoms with E-state index in [0.29, 0.717) is 35.4 Å². The number of Topliss-reactive ketones (excluding diaryl/α,β-unsaturated/α-hetero) is 1. The molecule has 172 valence electrons. The zero-order chi connectivity index (χ0) is 23.8. The largest absolute Gasteiger partial charge is 0.497 e. The highest BCUT2D eigenvalue weighted by molar-refractivity contribution is 6.11. The Bertz CT molecular complexity index is 1280. The molecule has 1 amide bonds. The van der Waals surface area contributed by atoms with Crippen LogP contribution < -0.4 is 15.0 Å². The summed E-state index contributed by atoms with van der Waals surface area (Å²) in [5, 5.41) is 3.47. The van der Waals surface area contributed by atoms with Crippen LogP contribution in [0.15, 0.2) is 84.1 Å². The summed E-state index contributed by atoms with van der Waals surface area (Å²) >= 11 is 0. The third-order valence-corrected chi connectivity index (χ3v) is 6.43. The van der Waals surface area contributed by atoms with Crippen molar-refractivity contribution < 1.29 is 18.7 Å². The molecule has 5 nitrogen and oxygen atoms in total. The van der Waals surface area contributed by atoms with Crippen molar-refractivity contribution in [2.24, 2.45) is 5.92 Å². The van der Waals surface area contributed by atoms with Crippen molar-refractivity contribution in [3.63, 3.8) is 0 Å². The van der Waals surface area contributed by atoms with Gasteiger partial charge < -0.3 is 10.1 Å². The maximum absolute atomic E-state index is 14.0. The zero-order valence-corrected chi connectivity index (χ0v) is 19.0. The van der Waals surface area contributed by atoms with E-state index in [4.69, 9.17) is 4.74 Å². The molecular weight excluding hydrogens is 431 g/mol. The Kier molecular flexibility index (Phi) is 5.65. The monoisotopic (exact) mass is 456 g/mol.